The quantitative estimate of drug-likeness (QED) is 0.360. The van der Waals surface area contributed by atoms with E-state index < -0.39 is 0 Å². The fourth-order valence-corrected chi connectivity index (χ4v) is 8.46. The Labute approximate surface area is 180 Å². The molecular formula is C21H23Cl3N2S. The van der Waals surface area contributed by atoms with Gasteiger partial charge < -0.3 is 4.57 Å². The minimum Gasteiger partial charge on any atom is -0.336 e. The monoisotopic (exact) mass is 440 g/mol. The maximum atomic E-state index is 6.55. The maximum Gasteiger partial charge on any atom is 0.0946 e. The van der Waals surface area contributed by atoms with Crippen molar-refractivity contribution in [2.24, 2.45) is 23.2 Å². The van der Waals surface area contributed by atoms with E-state index in [1.54, 1.807) is 6.07 Å². The van der Waals surface area contributed by atoms with Crippen LogP contribution >= 0.6 is 46.6 Å². The van der Waals surface area contributed by atoms with Crippen LogP contribution in [0.4, 0.5) is 0 Å². The first-order valence-electron chi connectivity index (χ1n) is 9.78. The SMILES string of the molecule is Clc1cc(Cl)c(SC(Cn2ccnc2)C23CC4CC(CC(C4)C2)C3)cc1Cl. The summed E-state index contributed by atoms with van der Waals surface area (Å²) in [5.74, 6) is 2.77. The summed E-state index contributed by atoms with van der Waals surface area (Å²) >= 11 is 20.9. The molecule has 4 aliphatic rings. The summed E-state index contributed by atoms with van der Waals surface area (Å²) in [4.78, 5) is 5.31. The summed E-state index contributed by atoms with van der Waals surface area (Å²) in [6.07, 6.45) is 14.3. The van der Waals surface area contributed by atoms with E-state index in [1.807, 2.05) is 30.4 Å². The molecule has 2 aromatic rings. The Morgan fingerprint density at radius 2 is 1.63 bits per heavy atom. The number of hydrogen-bond acceptors (Lipinski definition) is 2. The fourth-order valence-electron chi connectivity index (χ4n) is 6.26. The van der Waals surface area contributed by atoms with Gasteiger partial charge in [-0.1, -0.05) is 34.8 Å². The summed E-state index contributed by atoms with van der Waals surface area (Å²) in [6.45, 7) is 0.966. The molecular weight excluding hydrogens is 419 g/mol. The van der Waals surface area contributed by atoms with Gasteiger partial charge in [-0.25, -0.2) is 4.98 Å². The van der Waals surface area contributed by atoms with E-state index in [1.165, 1.54) is 38.5 Å². The van der Waals surface area contributed by atoms with Gasteiger partial charge in [0.2, 0.25) is 0 Å². The van der Waals surface area contributed by atoms with Crippen LogP contribution < -0.4 is 0 Å². The lowest BCUT2D eigenvalue weighted by Crippen LogP contribution is -2.51. The zero-order valence-corrected chi connectivity index (χ0v) is 18.2. The molecule has 4 fully saturated rings. The Balaban J connectivity index is 1.49. The second-order valence-electron chi connectivity index (χ2n) is 8.84. The van der Waals surface area contributed by atoms with Crippen LogP contribution in [0, 0.1) is 23.2 Å². The Bertz CT molecular complexity index is 801. The highest BCUT2D eigenvalue weighted by atomic mass is 35.5. The van der Waals surface area contributed by atoms with E-state index in [0.29, 0.717) is 25.7 Å². The highest BCUT2D eigenvalue weighted by Crippen LogP contribution is 2.64. The molecule has 1 heterocycles. The first-order chi connectivity index (χ1) is 13.0. The van der Waals surface area contributed by atoms with E-state index in [2.05, 4.69) is 15.7 Å². The Kier molecular flexibility index (Phi) is 4.95. The van der Waals surface area contributed by atoms with Crippen LogP contribution in [0.5, 0.6) is 0 Å². The lowest BCUT2D eigenvalue weighted by Gasteiger charge is -2.59. The summed E-state index contributed by atoms with van der Waals surface area (Å²) in [5, 5.41) is 2.27. The average molecular weight is 442 g/mol. The van der Waals surface area contributed by atoms with Gasteiger partial charge in [-0.15, -0.1) is 11.8 Å². The standard InChI is InChI=1S/C21H23Cl3N2S/c22-16-6-18(24)19(7-17(16)23)27-20(11-26-2-1-25-12-26)21-8-13-3-14(9-21)5-15(4-13)10-21/h1-2,6-7,12-15,20H,3-5,8-11H2. The van der Waals surface area contributed by atoms with Crippen LogP contribution in [0.15, 0.2) is 35.7 Å². The van der Waals surface area contributed by atoms with Crippen LogP contribution in [-0.4, -0.2) is 14.8 Å². The molecule has 0 radical (unpaired) electrons. The number of hydrogen-bond donors (Lipinski definition) is 0. The van der Waals surface area contributed by atoms with E-state index in [0.717, 1.165) is 29.2 Å². The van der Waals surface area contributed by atoms with Crippen LogP contribution in [0.1, 0.15) is 38.5 Å². The highest BCUT2D eigenvalue weighted by molar-refractivity contribution is 8.00. The summed E-state index contributed by atoms with van der Waals surface area (Å²) in [5.41, 5.74) is 0.402. The number of thioether (sulfide) groups is 1. The van der Waals surface area contributed by atoms with Crippen molar-refractivity contribution < 1.29 is 0 Å². The molecule has 4 bridgehead atoms. The van der Waals surface area contributed by atoms with Crippen molar-refractivity contribution in [1.29, 1.82) is 0 Å². The van der Waals surface area contributed by atoms with Crippen molar-refractivity contribution in [3.63, 3.8) is 0 Å². The van der Waals surface area contributed by atoms with Gasteiger partial charge in [-0.2, -0.15) is 0 Å². The molecule has 1 aromatic heterocycles. The Hall–Kier alpha value is -0.350. The van der Waals surface area contributed by atoms with Gasteiger partial charge in [0.25, 0.3) is 0 Å². The predicted octanol–water partition coefficient (Wildman–Crippen LogP) is 7.22. The van der Waals surface area contributed by atoms with Crippen molar-refractivity contribution in [3.05, 3.63) is 45.9 Å². The first kappa shape index (κ1) is 18.7. The molecule has 4 aliphatic carbocycles. The van der Waals surface area contributed by atoms with E-state index >= 15 is 0 Å². The van der Waals surface area contributed by atoms with Crippen molar-refractivity contribution in [2.75, 3.05) is 0 Å². The summed E-state index contributed by atoms with van der Waals surface area (Å²) in [6, 6.07) is 3.72. The lowest BCUT2D eigenvalue weighted by atomic mass is 9.48. The van der Waals surface area contributed by atoms with Gasteiger partial charge in [0.05, 0.1) is 21.4 Å². The van der Waals surface area contributed by atoms with Crippen molar-refractivity contribution >= 4 is 46.6 Å². The zero-order valence-electron chi connectivity index (χ0n) is 15.1. The third kappa shape index (κ3) is 3.54. The van der Waals surface area contributed by atoms with Crippen LogP contribution in [-0.2, 0) is 6.54 Å². The third-order valence-corrected chi connectivity index (χ3v) is 9.62. The molecule has 144 valence electrons. The molecule has 2 nitrogen and oxygen atoms in total. The highest BCUT2D eigenvalue weighted by Gasteiger charge is 2.54. The number of aromatic nitrogens is 2. The molecule has 4 saturated carbocycles. The van der Waals surface area contributed by atoms with Crippen molar-refractivity contribution in [1.82, 2.24) is 9.55 Å². The van der Waals surface area contributed by atoms with Crippen molar-refractivity contribution in [2.45, 2.75) is 55.2 Å². The van der Waals surface area contributed by atoms with Crippen molar-refractivity contribution in [3.8, 4) is 0 Å². The second-order valence-corrected chi connectivity index (χ2v) is 11.3. The van der Waals surface area contributed by atoms with E-state index in [-0.39, 0.29) is 0 Å². The largest absolute Gasteiger partial charge is 0.336 e. The summed E-state index contributed by atoms with van der Waals surface area (Å²) < 4.78 is 2.22. The molecule has 0 amide bonds. The molecule has 6 heteroatoms. The smallest absolute Gasteiger partial charge is 0.0946 e. The molecule has 0 spiro atoms. The zero-order chi connectivity index (χ0) is 18.6. The molecule has 1 aromatic carbocycles. The molecule has 1 atom stereocenters. The molecule has 6 rings (SSSR count). The summed E-state index contributed by atoms with van der Waals surface area (Å²) in [7, 11) is 0. The fraction of sp³-hybridized carbons (Fsp3) is 0.571. The van der Waals surface area contributed by atoms with Gasteiger partial charge in [-0.3, -0.25) is 0 Å². The number of rotatable bonds is 5. The molecule has 0 aliphatic heterocycles. The van der Waals surface area contributed by atoms with E-state index in [4.69, 9.17) is 34.8 Å². The normalized spacial score (nSPS) is 32.8. The second kappa shape index (κ2) is 7.16. The number of benzene rings is 1. The van der Waals surface area contributed by atoms with Crippen LogP contribution in [0.2, 0.25) is 15.1 Å². The van der Waals surface area contributed by atoms with Crippen LogP contribution in [0.3, 0.4) is 0 Å². The minimum absolute atomic E-state index is 0.402. The first-order valence-corrected chi connectivity index (χ1v) is 11.8. The average Bonchev–Trinajstić information content (AvgIpc) is 3.11. The van der Waals surface area contributed by atoms with Gasteiger partial charge in [0, 0.05) is 29.1 Å². The Morgan fingerprint density at radius 1 is 1.00 bits per heavy atom. The molecule has 1 unspecified atom stereocenters. The number of imidazole rings is 1. The molecule has 27 heavy (non-hydrogen) atoms. The maximum absolute atomic E-state index is 6.55. The number of nitrogens with zero attached hydrogens (tertiary/aromatic N) is 2. The third-order valence-electron chi connectivity index (χ3n) is 6.95. The van der Waals surface area contributed by atoms with Gasteiger partial charge >= 0.3 is 0 Å². The van der Waals surface area contributed by atoms with E-state index in [9.17, 15) is 0 Å². The lowest BCUT2D eigenvalue weighted by molar-refractivity contribution is -0.0553. The molecule has 0 saturated heterocycles. The van der Waals surface area contributed by atoms with Crippen LogP contribution in [0.25, 0.3) is 0 Å². The Morgan fingerprint density at radius 3 is 2.22 bits per heavy atom. The van der Waals surface area contributed by atoms with Gasteiger partial charge in [0.15, 0.2) is 0 Å². The number of halogens is 3. The van der Waals surface area contributed by atoms with Gasteiger partial charge in [-0.05, 0) is 73.8 Å². The molecule has 0 N–H and O–H groups in total. The topological polar surface area (TPSA) is 17.8 Å². The minimum atomic E-state index is 0.402. The van der Waals surface area contributed by atoms with Gasteiger partial charge in [0.1, 0.15) is 0 Å². The predicted molar refractivity (Wildman–Crippen MR) is 114 cm³/mol.